The summed E-state index contributed by atoms with van der Waals surface area (Å²) in [5.74, 6) is 0.797. The molecule has 8 heteroatoms. The van der Waals surface area contributed by atoms with E-state index in [1.807, 2.05) is 34.9 Å². The molecule has 26 heavy (non-hydrogen) atoms. The first-order valence-corrected chi connectivity index (χ1v) is 8.85. The van der Waals surface area contributed by atoms with Gasteiger partial charge < -0.3 is 19.9 Å². The zero-order chi connectivity index (χ0) is 17.9. The summed E-state index contributed by atoms with van der Waals surface area (Å²) in [5.41, 5.74) is 2.01. The molecule has 0 spiro atoms. The second-order valence-corrected chi connectivity index (χ2v) is 6.35. The van der Waals surface area contributed by atoms with Crippen LogP contribution in [-0.2, 0) is 13.1 Å². The number of nitrogens with one attached hydrogen (secondary N) is 1. The first kappa shape index (κ1) is 16.7. The number of piperazine rings is 1. The molecule has 8 nitrogen and oxygen atoms in total. The van der Waals surface area contributed by atoms with E-state index in [-0.39, 0.29) is 18.7 Å². The first-order chi connectivity index (χ1) is 12.8. The molecule has 1 fully saturated rings. The molecule has 4 rings (SSSR count). The number of hydrogen-bond acceptors (Lipinski definition) is 6. The van der Waals surface area contributed by atoms with Gasteiger partial charge in [-0.05, 0) is 5.56 Å². The van der Waals surface area contributed by atoms with E-state index in [0.29, 0.717) is 17.6 Å². The van der Waals surface area contributed by atoms with Crippen LogP contribution >= 0.6 is 0 Å². The molecular weight excluding hydrogens is 332 g/mol. The monoisotopic (exact) mass is 354 g/mol. The maximum absolute atomic E-state index is 12.9. The zero-order valence-electron chi connectivity index (χ0n) is 14.5. The molecule has 1 saturated heterocycles. The fourth-order valence-electron chi connectivity index (χ4n) is 3.35. The van der Waals surface area contributed by atoms with Crippen LogP contribution in [-0.4, -0.2) is 57.2 Å². The lowest BCUT2D eigenvalue weighted by Gasteiger charge is -2.28. The van der Waals surface area contributed by atoms with E-state index in [4.69, 9.17) is 4.98 Å². The molecule has 3 heterocycles. The summed E-state index contributed by atoms with van der Waals surface area (Å²) in [7, 11) is 0. The third kappa shape index (κ3) is 3.09. The summed E-state index contributed by atoms with van der Waals surface area (Å²) in [5, 5.41) is 16.7. The van der Waals surface area contributed by atoms with Gasteiger partial charge >= 0.3 is 0 Å². The third-order valence-corrected chi connectivity index (χ3v) is 4.63. The molecule has 0 atom stereocenters. The summed E-state index contributed by atoms with van der Waals surface area (Å²) < 4.78 is 3.28. The van der Waals surface area contributed by atoms with Crippen molar-refractivity contribution in [3.8, 4) is 0 Å². The zero-order valence-corrected chi connectivity index (χ0v) is 14.5. The number of anilines is 1. The Labute approximate surface area is 150 Å². The van der Waals surface area contributed by atoms with Gasteiger partial charge in [0.25, 0.3) is 5.56 Å². The van der Waals surface area contributed by atoms with Gasteiger partial charge in [0.05, 0.1) is 25.9 Å². The highest BCUT2D eigenvalue weighted by atomic mass is 16.3. The molecule has 0 radical (unpaired) electrons. The van der Waals surface area contributed by atoms with E-state index in [1.54, 1.807) is 6.20 Å². The van der Waals surface area contributed by atoms with Crippen molar-refractivity contribution in [3.05, 3.63) is 52.4 Å². The molecular formula is C18H22N6O2. The van der Waals surface area contributed by atoms with Gasteiger partial charge in [-0.2, -0.15) is 5.10 Å². The highest BCUT2D eigenvalue weighted by molar-refractivity contribution is 5.77. The number of nitrogens with zero attached hydrogens (tertiary/aromatic N) is 5. The Kier molecular flexibility index (Phi) is 4.68. The Bertz CT molecular complexity index is 943. The smallest absolute Gasteiger partial charge is 0.293 e. The first-order valence-electron chi connectivity index (χ1n) is 8.85. The Morgan fingerprint density at radius 3 is 2.65 bits per heavy atom. The minimum Gasteiger partial charge on any atom is -0.394 e. The van der Waals surface area contributed by atoms with Crippen LogP contribution in [0.25, 0.3) is 11.0 Å². The van der Waals surface area contributed by atoms with Crippen molar-refractivity contribution in [3.63, 3.8) is 0 Å². The minimum absolute atomic E-state index is 0.129. The maximum atomic E-state index is 12.9. The Morgan fingerprint density at radius 2 is 1.92 bits per heavy atom. The van der Waals surface area contributed by atoms with Gasteiger partial charge in [-0.25, -0.2) is 9.67 Å². The topological polar surface area (TPSA) is 88.2 Å². The molecule has 1 aliphatic heterocycles. The highest BCUT2D eigenvalue weighted by Gasteiger charge is 2.22. The van der Waals surface area contributed by atoms with Gasteiger partial charge in [-0.15, -0.1) is 0 Å². The van der Waals surface area contributed by atoms with Crippen LogP contribution in [0.4, 0.5) is 5.95 Å². The average molecular weight is 354 g/mol. The summed E-state index contributed by atoms with van der Waals surface area (Å²) >= 11 is 0. The van der Waals surface area contributed by atoms with Gasteiger partial charge in [0.2, 0.25) is 5.95 Å². The standard InChI is InChI=1S/C18H22N6O2/c25-11-10-24-17(26)16-15(12-20-24)21-18(22-8-6-19-7-9-22)23(16)13-14-4-2-1-3-5-14/h1-5,12,19,25H,6-11,13H2. The number of aliphatic hydroxyl groups excluding tert-OH is 1. The van der Waals surface area contributed by atoms with Crippen molar-refractivity contribution in [2.24, 2.45) is 0 Å². The predicted molar refractivity (Wildman–Crippen MR) is 99.5 cm³/mol. The second kappa shape index (κ2) is 7.27. The molecule has 0 unspecified atom stereocenters. The number of aromatic nitrogens is 4. The fraction of sp³-hybridized carbons (Fsp3) is 0.389. The molecule has 0 amide bonds. The van der Waals surface area contributed by atoms with Crippen molar-refractivity contribution in [2.45, 2.75) is 13.1 Å². The Balaban J connectivity index is 1.87. The number of fused-ring (bicyclic) bond motifs is 1. The average Bonchev–Trinajstić information content (AvgIpc) is 3.05. The Morgan fingerprint density at radius 1 is 1.15 bits per heavy atom. The number of rotatable bonds is 5. The van der Waals surface area contributed by atoms with Crippen molar-refractivity contribution < 1.29 is 5.11 Å². The predicted octanol–water partition coefficient (Wildman–Crippen LogP) is 0.0432. The molecule has 3 aromatic rings. The molecule has 2 N–H and O–H groups in total. The summed E-state index contributed by atoms with van der Waals surface area (Å²) in [6.45, 7) is 4.08. The molecule has 0 saturated carbocycles. The number of imidazole rings is 1. The van der Waals surface area contributed by atoms with E-state index < -0.39 is 0 Å². The SMILES string of the molecule is O=c1c2c(cnn1CCO)nc(N1CCNCC1)n2Cc1ccccc1. The fourth-order valence-corrected chi connectivity index (χ4v) is 3.35. The van der Waals surface area contributed by atoms with Gasteiger partial charge in [-0.1, -0.05) is 30.3 Å². The number of benzene rings is 1. The van der Waals surface area contributed by atoms with Crippen LogP contribution < -0.4 is 15.8 Å². The molecule has 2 aromatic heterocycles. The highest BCUT2D eigenvalue weighted by Crippen LogP contribution is 2.22. The third-order valence-electron chi connectivity index (χ3n) is 4.63. The second-order valence-electron chi connectivity index (χ2n) is 6.35. The lowest BCUT2D eigenvalue weighted by molar-refractivity contribution is 0.266. The summed E-state index contributed by atoms with van der Waals surface area (Å²) in [4.78, 5) is 19.8. The van der Waals surface area contributed by atoms with Gasteiger partial charge in [-0.3, -0.25) is 4.79 Å². The quantitative estimate of drug-likeness (QED) is 0.673. The lowest BCUT2D eigenvalue weighted by atomic mass is 10.2. The van der Waals surface area contributed by atoms with Crippen LogP contribution in [0.3, 0.4) is 0 Å². The number of aliphatic hydroxyl groups is 1. The van der Waals surface area contributed by atoms with E-state index in [1.165, 1.54) is 4.68 Å². The van der Waals surface area contributed by atoms with Gasteiger partial charge in [0.15, 0.2) is 0 Å². The van der Waals surface area contributed by atoms with E-state index in [9.17, 15) is 9.90 Å². The van der Waals surface area contributed by atoms with Crippen molar-refractivity contribution in [1.29, 1.82) is 0 Å². The van der Waals surface area contributed by atoms with Crippen LogP contribution in [0.5, 0.6) is 0 Å². The largest absolute Gasteiger partial charge is 0.394 e. The van der Waals surface area contributed by atoms with E-state index in [0.717, 1.165) is 37.7 Å². The van der Waals surface area contributed by atoms with Crippen molar-refractivity contribution in [2.75, 3.05) is 37.7 Å². The van der Waals surface area contributed by atoms with Crippen molar-refractivity contribution >= 4 is 17.0 Å². The summed E-state index contributed by atoms with van der Waals surface area (Å²) in [6, 6.07) is 10.0. The lowest BCUT2D eigenvalue weighted by Crippen LogP contribution is -2.44. The Hall–Kier alpha value is -2.71. The molecule has 1 aliphatic rings. The molecule has 0 bridgehead atoms. The van der Waals surface area contributed by atoms with Crippen LogP contribution in [0.1, 0.15) is 5.56 Å². The van der Waals surface area contributed by atoms with E-state index in [2.05, 4.69) is 15.3 Å². The minimum atomic E-state index is -0.221. The normalized spacial score (nSPS) is 14.9. The van der Waals surface area contributed by atoms with E-state index >= 15 is 0 Å². The van der Waals surface area contributed by atoms with Crippen LogP contribution in [0.2, 0.25) is 0 Å². The van der Waals surface area contributed by atoms with Gasteiger partial charge in [0.1, 0.15) is 11.0 Å². The molecule has 136 valence electrons. The maximum Gasteiger partial charge on any atom is 0.293 e. The van der Waals surface area contributed by atoms with Crippen molar-refractivity contribution in [1.82, 2.24) is 24.6 Å². The van der Waals surface area contributed by atoms with Crippen LogP contribution in [0.15, 0.2) is 41.3 Å². The molecule has 0 aliphatic carbocycles. The summed E-state index contributed by atoms with van der Waals surface area (Å²) in [6.07, 6.45) is 1.61. The number of hydrogen-bond donors (Lipinski definition) is 2. The van der Waals surface area contributed by atoms with Gasteiger partial charge in [0, 0.05) is 26.2 Å². The van der Waals surface area contributed by atoms with Crippen LogP contribution in [0, 0.1) is 0 Å². The molecule has 1 aromatic carbocycles.